The number of rotatable bonds is 10. The zero-order valence-electron chi connectivity index (χ0n) is 21.1. The number of nitrogens with one attached hydrogen (secondary N) is 2. The average molecular weight is 577 g/mol. The Bertz CT molecular complexity index is 1480. The maximum absolute atomic E-state index is 14.6. The minimum Gasteiger partial charge on any atom is -0.480 e. The molecule has 1 unspecified atom stereocenters. The molecule has 0 radical (unpaired) electrons. The van der Waals surface area contributed by atoms with Gasteiger partial charge in [0.25, 0.3) is 5.91 Å². The van der Waals surface area contributed by atoms with E-state index < -0.39 is 43.9 Å². The van der Waals surface area contributed by atoms with Crippen molar-refractivity contribution in [2.45, 2.75) is 31.9 Å². The summed E-state index contributed by atoms with van der Waals surface area (Å²) in [7, 11) is -4.91. The molecule has 0 fully saturated rings. The molecule has 15 nitrogen and oxygen atoms in total. The number of carbonyl (C=O) groups excluding carboxylic acids is 1. The fourth-order valence-corrected chi connectivity index (χ4v) is 3.87. The van der Waals surface area contributed by atoms with Crippen LogP contribution in [0.25, 0.3) is 0 Å². The van der Waals surface area contributed by atoms with E-state index in [0.717, 1.165) is 11.1 Å². The van der Waals surface area contributed by atoms with Gasteiger partial charge in [-0.05, 0) is 50.1 Å². The Kier molecular flexibility index (Phi) is 8.00. The summed E-state index contributed by atoms with van der Waals surface area (Å²) in [5.74, 6) is -2.81. The molecular weight excluding hydrogens is 552 g/mol. The number of aromatic nitrogens is 3. The number of hydrogen-bond donors (Lipinski definition) is 6. The predicted molar refractivity (Wildman–Crippen MR) is 139 cm³/mol. The fourth-order valence-electron chi connectivity index (χ4n) is 3.60. The maximum Gasteiger partial charge on any atom is 0.471 e. The first-order valence-electron chi connectivity index (χ1n) is 11.6. The number of nitrogens with two attached hydrogens (primary N) is 1. The van der Waals surface area contributed by atoms with Crippen LogP contribution in [0.5, 0.6) is 5.75 Å². The van der Waals surface area contributed by atoms with E-state index in [1.165, 1.54) is 26.0 Å². The second-order valence-corrected chi connectivity index (χ2v) is 10.3. The minimum absolute atomic E-state index is 0.0220. The number of phosphoric acid groups is 1. The topological polar surface area (TPSA) is 222 Å². The van der Waals surface area contributed by atoms with Gasteiger partial charge in [-0.2, -0.15) is 4.98 Å². The third-order valence-corrected chi connectivity index (χ3v) is 6.00. The molecule has 1 amide bonds. The number of anilines is 5. The number of carbonyl (C=O) groups is 2. The summed E-state index contributed by atoms with van der Waals surface area (Å²) in [6.45, 7) is 2.13. The van der Waals surface area contributed by atoms with Gasteiger partial charge >= 0.3 is 13.8 Å². The first-order chi connectivity index (χ1) is 18.7. The highest BCUT2D eigenvalue weighted by Gasteiger charge is 2.42. The molecule has 0 bridgehead atoms. The van der Waals surface area contributed by atoms with E-state index >= 15 is 0 Å². The van der Waals surface area contributed by atoms with Gasteiger partial charge in [-0.25, -0.2) is 18.9 Å². The lowest BCUT2D eigenvalue weighted by molar-refractivity contribution is -0.138. The number of benzene rings is 1. The molecule has 17 heteroatoms. The first kappa shape index (κ1) is 28.8. The zero-order valence-corrected chi connectivity index (χ0v) is 22.0. The normalized spacial score (nSPS) is 15.2. The van der Waals surface area contributed by atoms with E-state index in [-0.39, 0.29) is 35.6 Å². The molecular formula is C23H25FN7O8P. The van der Waals surface area contributed by atoms with E-state index in [1.807, 2.05) is 0 Å². The maximum atomic E-state index is 14.6. The Labute approximate surface area is 226 Å². The number of phosphoric ester groups is 1. The van der Waals surface area contributed by atoms with E-state index in [4.69, 9.17) is 25.4 Å². The van der Waals surface area contributed by atoms with Crippen LogP contribution in [0, 0.1) is 5.82 Å². The molecule has 1 aliphatic rings. The number of aliphatic carboxylic acids is 1. The Morgan fingerprint density at radius 2 is 1.90 bits per heavy atom. The summed E-state index contributed by atoms with van der Waals surface area (Å²) in [4.78, 5) is 55.1. The van der Waals surface area contributed by atoms with Gasteiger partial charge < -0.3 is 36.0 Å². The highest BCUT2D eigenvalue weighted by molar-refractivity contribution is 7.46. The van der Waals surface area contributed by atoms with Crippen LogP contribution < -0.4 is 26.0 Å². The number of amides is 1. The van der Waals surface area contributed by atoms with Crippen LogP contribution in [-0.4, -0.2) is 60.1 Å². The standard InChI is InChI=1S/C23H25FN7O8P/c1-23(2)21(34)31(11-38-40(35,36)37)19-16(39-23)7-8-17(29-19)28-18-14(24)10-26-22(30-18)27-13-5-3-12(4-6-13)9-15(25)20(32)33/h3-8,10,15H,9,11,25H2,1-2H3,(H,32,33)(H2,35,36,37)(H2,26,27,28,29,30). The lowest BCUT2D eigenvalue weighted by Crippen LogP contribution is -2.53. The van der Waals surface area contributed by atoms with Crippen LogP contribution in [0.4, 0.5) is 33.5 Å². The molecule has 3 heterocycles. The molecule has 0 aliphatic carbocycles. The summed E-state index contributed by atoms with van der Waals surface area (Å²) in [5, 5.41) is 14.5. The minimum atomic E-state index is -4.91. The Balaban J connectivity index is 1.54. The number of carboxylic acids is 1. The van der Waals surface area contributed by atoms with Gasteiger partial charge in [-0.3, -0.25) is 19.0 Å². The lowest BCUT2D eigenvalue weighted by Gasteiger charge is -2.37. The molecule has 4 rings (SSSR count). The molecule has 3 aromatic rings. The van der Waals surface area contributed by atoms with Crippen molar-refractivity contribution in [2.24, 2.45) is 5.73 Å². The van der Waals surface area contributed by atoms with Crippen molar-refractivity contribution in [1.29, 1.82) is 0 Å². The summed E-state index contributed by atoms with van der Waals surface area (Å²) < 4.78 is 36.0. The lowest BCUT2D eigenvalue weighted by atomic mass is 10.1. The third kappa shape index (κ3) is 6.86. The molecule has 0 saturated heterocycles. The molecule has 7 N–H and O–H groups in total. The first-order valence-corrected chi connectivity index (χ1v) is 13.1. The van der Waals surface area contributed by atoms with Crippen LogP contribution in [0.2, 0.25) is 0 Å². The van der Waals surface area contributed by atoms with Crippen molar-refractivity contribution in [2.75, 3.05) is 22.3 Å². The number of pyridine rings is 1. The highest BCUT2D eigenvalue weighted by Crippen LogP contribution is 2.41. The van der Waals surface area contributed by atoms with Gasteiger partial charge in [0.2, 0.25) is 5.95 Å². The van der Waals surface area contributed by atoms with Gasteiger partial charge in [0.1, 0.15) is 18.6 Å². The monoisotopic (exact) mass is 577 g/mol. The molecule has 0 spiro atoms. The van der Waals surface area contributed by atoms with Gasteiger partial charge in [0.15, 0.2) is 28.8 Å². The number of fused-ring (bicyclic) bond motifs is 1. The largest absolute Gasteiger partial charge is 0.480 e. The number of carboxylic acid groups (broad SMARTS) is 1. The van der Waals surface area contributed by atoms with Gasteiger partial charge in [-0.1, -0.05) is 12.1 Å². The van der Waals surface area contributed by atoms with Crippen LogP contribution in [-0.2, 0) is 25.1 Å². The van der Waals surface area contributed by atoms with Crippen molar-refractivity contribution < 1.29 is 42.7 Å². The highest BCUT2D eigenvalue weighted by atomic mass is 31.2. The SMILES string of the molecule is CC1(C)Oc2ccc(Nc3nc(Nc4ccc(CC(N)C(=O)O)cc4)ncc3F)nc2N(COP(=O)(O)O)C1=O. The van der Waals surface area contributed by atoms with Crippen LogP contribution in [0.15, 0.2) is 42.6 Å². The number of hydrogen-bond acceptors (Lipinski definition) is 11. The molecule has 0 saturated carbocycles. The van der Waals surface area contributed by atoms with E-state index in [2.05, 4.69) is 30.1 Å². The Hall–Kier alpha value is -4.21. The summed E-state index contributed by atoms with van der Waals surface area (Å²) in [6.07, 6.45) is 1.06. The van der Waals surface area contributed by atoms with E-state index in [0.29, 0.717) is 11.3 Å². The summed E-state index contributed by atoms with van der Waals surface area (Å²) in [6, 6.07) is 8.51. The van der Waals surface area contributed by atoms with Gasteiger partial charge in [-0.15, -0.1) is 0 Å². The molecule has 40 heavy (non-hydrogen) atoms. The summed E-state index contributed by atoms with van der Waals surface area (Å²) >= 11 is 0. The second-order valence-electron chi connectivity index (χ2n) is 9.10. The molecule has 212 valence electrons. The number of nitrogens with zero attached hydrogens (tertiary/aromatic N) is 4. The fraction of sp³-hybridized carbons (Fsp3) is 0.261. The molecule has 2 aromatic heterocycles. The van der Waals surface area contributed by atoms with E-state index in [9.17, 15) is 18.5 Å². The molecule has 1 atom stereocenters. The van der Waals surface area contributed by atoms with Crippen molar-refractivity contribution >= 4 is 48.8 Å². The number of halogens is 1. The average Bonchev–Trinajstić information content (AvgIpc) is 2.87. The Morgan fingerprint density at radius 3 is 2.55 bits per heavy atom. The van der Waals surface area contributed by atoms with E-state index in [1.54, 1.807) is 24.3 Å². The van der Waals surface area contributed by atoms with Gasteiger partial charge in [0.05, 0.1) is 6.20 Å². The molecule has 1 aromatic carbocycles. The number of ether oxygens (including phenoxy) is 1. The van der Waals surface area contributed by atoms with Crippen LogP contribution in [0.3, 0.4) is 0 Å². The molecule has 1 aliphatic heterocycles. The van der Waals surface area contributed by atoms with Crippen molar-refractivity contribution in [1.82, 2.24) is 15.0 Å². The van der Waals surface area contributed by atoms with Crippen molar-refractivity contribution in [3.05, 3.63) is 54.0 Å². The van der Waals surface area contributed by atoms with Crippen molar-refractivity contribution in [3.8, 4) is 5.75 Å². The van der Waals surface area contributed by atoms with Crippen molar-refractivity contribution in [3.63, 3.8) is 0 Å². The second kappa shape index (κ2) is 11.1. The predicted octanol–water partition coefficient (Wildman–Crippen LogP) is 2.02. The third-order valence-electron chi connectivity index (χ3n) is 5.55. The smallest absolute Gasteiger partial charge is 0.471 e. The van der Waals surface area contributed by atoms with Crippen LogP contribution in [0.1, 0.15) is 19.4 Å². The van der Waals surface area contributed by atoms with Crippen LogP contribution >= 0.6 is 7.82 Å². The summed E-state index contributed by atoms with van der Waals surface area (Å²) in [5.41, 5.74) is 5.42. The Morgan fingerprint density at radius 1 is 1.20 bits per heavy atom. The quantitative estimate of drug-likeness (QED) is 0.190. The van der Waals surface area contributed by atoms with Gasteiger partial charge in [0, 0.05) is 5.69 Å². The zero-order chi connectivity index (χ0) is 29.2.